The van der Waals surface area contributed by atoms with Gasteiger partial charge in [0.1, 0.15) is 12.6 Å². The van der Waals surface area contributed by atoms with E-state index in [1.165, 1.54) is 6.92 Å². The lowest BCUT2D eigenvalue weighted by molar-refractivity contribution is -0.158. The molecule has 1 aliphatic rings. The molecule has 0 bridgehead atoms. The van der Waals surface area contributed by atoms with Crippen LogP contribution in [0.1, 0.15) is 44.7 Å². The van der Waals surface area contributed by atoms with Crippen LogP contribution in [0.2, 0.25) is 0 Å². The number of hydrogen-bond acceptors (Lipinski definition) is 8. The van der Waals surface area contributed by atoms with Crippen molar-refractivity contribution in [1.29, 1.82) is 0 Å². The topological polar surface area (TPSA) is 127 Å². The Bertz CT molecular complexity index is 879. The second-order valence-corrected chi connectivity index (χ2v) is 7.41. The molecule has 9 nitrogen and oxygen atoms in total. The van der Waals surface area contributed by atoms with E-state index in [2.05, 4.69) is 0 Å². The van der Waals surface area contributed by atoms with Crippen molar-refractivity contribution in [3.05, 3.63) is 48.0 Å². The van der Waals surface area contributed by atoms with Crippen LogP contribution < -0.4 is 0 Å². The van der Waals surface area contributed by atoms with E-state index in [1.807, 2.05) is 0 Å². The second kappa shape index (κ2) is 11.9. The molecule has 2 amide bonds. The number of nitrogens with zero attached hydrogens (tertiary/aromatic N) is 1. The number of unbranched alkanes of at least 4 members (excludes halogenated alkanes) is 1. The van der Waals surface area contributed by atoms with Gasteiger partial charge in [-0.15, -0.1) is 0 Å². The number of ether oxygens (including phenoxy) is 2. The first-order chi connectivity index (χ1) is 15.3. The largest absolute Gasteiger partial charge is 0.453 e. The van der Waals surface area contributed by atoms with Crippen LogP contribution in [-0.2, 0) is 28.7 Å². The summed E-state index contributed by atoms with van der Waals surface area (Å²) in [6.07, 6.45) is 0.748. The van der Waals surface area contributed by atoms with E-state index >= 15 is 0 Å². The normalized spacial score (nSPS) is 17.7. The van der Waals surface area contributed by atoms with Gasteiger partial charge in [0.15, 0.2) is 17.7 Å². The number of hydrogen-bond donors (Lipinski definition) is 1. The summed E-state index contributed by atoms with van der Waals surface area (Å²) in [6, 6.07) is 8.14. The third-order valence-electron chi connectivity index (χ3n) is 4.98. The summed E-state index contributed by atoms with van der Waals surface area (Å²) >= 11 is 0. The maximum absolute atomic E-state index is 13.1. The predicted molar refractivity (Wildman–Crippen MR) is 112 cm³/mol. The van der Waals surface area contributed by atoms with Crippen LogP contribution in [0.5, 0.6) is 0 Å². The Morgan fingerprint density at radius 2 is 1.88 bits per heavy atom. The van der Waals surface area contributed by atoms with Crippen molar-refractivity contribution < 1.29 is 38.6 Å². The molecule has 0 aliphatic carbocycles. The Labute approximate surface area is 186 Å². The minimum absolute atomic E-state index is 0.0320. The zero-order valence-corrected chi connectivity index (χ0v) is 18.1. The molecule has 32 heavy (non-hydrogen) atoms. The van der Waals surface area contributed by atoms with Crippen LogP contribution in [0, 0.1) is 5.92 Å². The summed E-state index contributed by atoms with van der Waals surface area (Å²) in [6.45, 7) is 2.40. The molecule has 0 saturated carbocycles. The summed E-state index contributed by atoms with van der Waals surface area (Å²) in [4.78, 5) is 62.4. The van der Waals surface area contributed by atoms with Crippen LogP contribution in [-0.4, -0.2) is 58.9 Å². The molecule has 9 heteroatoms. The first-order valence-corrected chi connectivity index (χ1v) is 10.3. The Balaban J connectivity index is 2.18. The molecule has 1 saturated heterocycles. The van der Waals surface area contributed by atoms with Gasteiger partial charge in [0.2, 0.25) is 5.91 Å². The fourth-order valence-electron chi connectivity index (χ4n) is 3.28. The van der Waals surface area contributed by atoms with E-state index in [9.17, 15) is 24.0 Å². The van der Waals surface area contributed by atoms with Crippen LogP contribution in [0.3, 0.4) is 0 Å². The lowest BCUT2D eigenvalue weighted by Gasteiger charge is -2.26. The average molecular weight is 445 g/mol. The fraction of sp³-hybridized carbons (Fsp3) is 0.435. The molecule has 1 aromatic carbocycles. The first-order valence-electron chi connectivity index (χ1n) is 10.3. The van der Waals surface area contributed by atoms with Crippen molar-refractivity contribution >= 4 is 29.5 Å². The predicted octanol–water partition coefficient (Wildman–Crippen LogP) is 2.13. The molecule has 0 unspecified atom stereocenters. The third-order valence-corrected chi connectivity index (χ3v) is 4.98. The lowest BCUT2D eigenvalue weighted by atomic mass is 9.97. The van der Waals surface area contributed by atoms with Crippen LogP contribution in [0.25, 0.3) is 0 Å². The highest BCUT2D eigenvalue weighted by molar-refractivity contribution is 6.04. The van der Waals surface area contributed by atoms with Gasteiger partial charge in [-0.2, -0.15) is 0 Å². The number of allylic oxidation sites excluding steroid dienone is 1. The number of imide groups is 1. The Morgan fingerprint density at radius 3 is 2.50 bits per heavy atom. The number of amides is 2. The zero-order chi connectivity index (χ0) is 23.7. The zero-order valence-electron chi connectivity index (χ0n) is 18.1. The molecule has 1 aliphatic heterocycles. The van der Waals surface area contributed by atoms with Gasteiger partial charge in [0.05, 0.1) is 5.92 Å². The Hall–Kier alpha value is -3.33. The van der Waals surface area contributed by atoms with Gasteiger partial charge in [0, 0.05) is 20.0 Å². The van der Waals surface area contributed by atoms with E-state index in [1.54, 1.807) is 30.3 Å². The number of carbonyl (C=O) groups excluding carboxylic acids is 5. The van der Waals surface area contributed by atoms with E-state index in [0.29, 0.717) is 18.4 Å². The fourth-order valence-corrected chi connectivity index (χ4v) is 3.28. The van der Waals surface area contributed by atoms with Gasteiger partial charge >= 0.3 is 12.1 Å². The molecular weight excluding hydrogens is 418 g/mol. The molecule has 172 valence electrons. The van der Waals surface area contributed by atoms with Crippen LogP contribution >= 0.6 is 0 Å². The number of esters is 1. The van der Waals surface area contributed by atoms with Crippen molar-refractivity contribution in [3.8, 4) is 0 Å². The highest BCUT2D eigenvalue weighted by Gasteiger charge is 2.44. The Kier molecular flexibility index (Phi) is 9.27. The van der Waals surface area contributed by atoms with E-state index < -0.39 is 41.8 Å². The second-order valence-electron chi connectivity index (χ2n) is 7.41. The van der Waals surface area contributed by atoms with Crippen molar-refractivity contribution in [3.63, 3.8) is 0 Å². The monoisotopic (exact) mass is 445 g/mol. The smallest absolute Gasteiger partial charge is 0.417 e. The number of ketones is 2. The SMILES string of the molecule is CC(=O)O[C@H](C(=O)C=CC(=O)CCCCO)[C@H](C)C(=O)N1C(=O)OC[C@@H]1c1ccccc1. The number of cyclic esters (lactones) is 1. The van der Waals surface area contributed by atoms with Gasteiger partial charge in [0.25, 0.3) is 0 Å². The molecule has 1 N–H and O–H groups in total. The first kappa shape index (κ1) is 24.9. The lowest BCUT2D eigenvalue weighted by Crippen LogP contribution is -2.45. The number of carbonyl (C=O) groups is 5. The van der Waals surface area contributed by atoms with Gasteiger partial charge in [-0.25, -0.2) is 9.69 Å². The highest BCUT2D eigenvalue weighted by atomic mass is 16.6. The molecule has 1 aromatic rings. The minimum atomic E-state index is -1.51. The van der Waals surface area contributed by atoms with Gasteiger partial charge in [-0.3, -0.25) is 19.2 Å². The maximum Gasteiger partial charge on any atom is 0.417 e. The molecular formula is C23H27NO8. The summed E-state index contributed by atoms with van der Waals surface area (Å²) in [5.41, 5.74) is 0.683. The molecule has 0 spiro atoms. The van der Waals surface area contributed by atoms with Gasteiger partial charge < -0.3 is 14.6 Å². The average Bonchev–Trinajstić information content (AvgIpc) is 3.16. The van der Waals surface area contributed by atoms with Crippen molar-refractivity contribution in [1.82, 2.24) is 4.90 Å². The summed E-state index contributed by atoms with van der Waals surface area (Å²) in [7, 11) is 0. The highest BCUT2D eigenvalue weighted by Crippen LogP contribution is 2.30. The van der Waals surface area contributed by atoms with E-state index in [4.69, 9.17) is 14.6 Å². The number of benzene rings is 1. The molecule has 0 radical (unpaired) electrons. The van der Waals surface area contributed by atoms with Crippen molar-refractivity contribution in [2.45, 2.75) is 45.3 Å². The van der Waals surface area contributed by atoms with Gasteiger partial charge in [-0.05, 0) is 37.5 Å². The molecule has 2 rings (SSSR count). The quantitative estimate of drug-likeness (QED) is 0.312. The third kappa shape index (κ3) is 6.58. The van der Waals surface area contributed by atoms with Crippen molar-refractivity contribution in [2.24, 2.45) is 5.92 Å². The van der Waals surface area contributed by atoms with E-state index in [-0.39, 0.29) is 25.4 Å². The number of rotatable bonds is 11. The van der Waals surface area contributed by atoms with Gasteiger partial charge in [-0.1, -0.05) is 30.3 Å². The maximum atomic E-state index is 13.1. The Morgan fingerprint density at radius 1 is 1.19 bits per heavy atom. The summed E-state index contributed by atoms with van der Waals surface area (Å²) in [5.74, 6) is -3.80. The standard InChI is InChI=1S/C23H27NO8/c1-15(21(32-16(2)26)20(28)12-11-18(27)10-6-7-13-25)22(29)24-19(14-31-23(24)30)17-8-4-3-5-9-17/h3-5,8-9,11-12,15,19,21,25H,6-7,10,13-14H2,1-2H3/t15-,19+,21-/m0/s1. The summed E-state index contributed by atoms with van der Waals surface area (Å²) in [5, 5.41) is 8.77. The molecule has 1 fully saturated rings. The molecule has 1 heterocycles. The minimum Gasteiger partial charge on any atom is -0.453 e. The molecule has 3 atom stereocenters. The summed E-state index contributed by atoms with van der Waals surface area (Å²) < 4.78 is 10.1. The van der Waals surface area contributed by atoms with E-state index in [0.717, 1.165) is 24.0 Å². The number of aliphatic hydroxyl groups is 1. The molecule has 0 aromatic heterocycles. The number of aliphatic hydroxyl groups excluding tert-OH is 1. The van der Waals surface area contributed by atoms with Crippen molar-refractivity contribution in [2.75, 3.05) is 13.2 Å². The van der Waals surface area contributed by atoms with Crippen LogP contribution in [0.15, 0.2) is 42.5 Å². The van der Waals surface area contributed by atoms with Crippen LogP contribution in [0.4, 0.5) is 4.79 Å².